The van der Waals surface area contributed by atoms with Crippen LogP contribution < -0.4 is 19.7 Å². The molecule has 0 amide bonds. The number of hydrogen-bond acceptors (Lipinski definition) is 7. The van der Waals surface area contributed by atoms with E-state index in [1.807, 2.05) is 23.1 Å². The Hall–Kier alpha value is -4.42. The largest absolute Gasteiger partial charge is 0.495 e. The Labute approximate surface area is 230 Å². The number of anilines is 2. The second kappa shape index (κ2) is 10.4. The van der Waals surface area contributed by atoms with Crippen molar-refractivity contribution < 1.29 is 27.5 Å². The lowest BCUT2D eigenvalue weighted by atomic mass is 10.0. The summed E-state index contributed by atoms with van der Waals surface area (Å²) < 4.78 is 38.2. The Morgan fingerprint density at radius 2 is 1.90 bits per heavy atom. The van der Waals surface area contributed by atoms with Crippen LogP contribution >= 0.6 is 12.2 Å². The number of aromatic carboxylic acids is 1. The van der Waals surface area contributed by atoms with Crippen LogP contribution in [0.2, 0.25) is 0 Å². The van der Waals surface area contributed by atoms with Crippen molar-refractivity contribution in [3.63, 3.8) is 0 Å². The Morgan fingerprint density at radius 3 is 2.59 bits per heavy atom. The van der Waals surface area contributed by atoms with Gasteiger partial charge in [0, 0.05) is 17.4 Å². The van der Waals surface area contributed by atoms with Crippen molar-refractivity contribution in [2.24, 2.45) is 0 Å². The van der Waals surface area contributed by atoms with Gasteiger partial charge in [-0.25, -0.2) is 13.2 Å². The Bertz CT molecular complexity index is 1660. The number of thiocarbonyl (C=S) groups is 1. The fourth-order valence-electron chi connectivity index (χ4n) is 4.59. The number of hydrogen-bond donors (Lipinski definition) is 3. The molecule has 3 heterocycles. The van der Waals surface area contributed by atoms with Gasteiger partial charge in [-0.3, -0.25) is 9.71 Å². The number of carboxylic acids is 1. The molecule has 39 heavy (non-hydrogen) atoms. The summed E-state index contributed by atoms with van der Waals surface area (Å²) in [5.41, 5.74) is 2.08. The predicted molar refractivity (Wildman–Crippen MR) is 150 cm³/mol. The molecule has 0 saturated carbocycles. The van der Waals surface area contributed by atoms with Crippen LogP contribution in [0.4, 0.5) is 11.4 Å². The molecule has 1 saturated heterocycles. The van der Waals surface area contributed by atoms with E-state index in [-0.39, 0.29) is 11.3 Å². The van der Waals surface area contributed by atoms with E-state index in [4.69, 9.17) is 21.4 Å². The van der Waals surface area contributed by atoms with Gasteiger partial charge in [-0.2, -0.15) is 0 Å². The molecule has 200 valence electrons. The second-order valence-electron chi connectivity index (χ2n) is 8.81. The monoisotopic (exact) mass is 564 g/mol. The zero-order valence-electron chi connectivity index (χ0n) is 20.9. The van der Waals surface area contributed by atoms with Gasteiger partial charge >= 0.3 is 5.97 Å². The topological polar surface area (TPSA) is 134 Å². The van der Waals surface area contributed by atoms with Gasteiger partial charge in [-0.05, 0) is 60.7 Å². The summed E-state index contributed by atoms with van der Waals surface area (Å²) in [6.45, 7) is 0. The van der Waals surface area contributed by atoms with Gasteiger partial charge in [-0.1, -0.05) is 24.3 Å². The molecular weight excluding hydrogens is 540 g/mol. The molecule has 2 aromatic carbocycles. The van der Waals surface area contributed by atoms with E-state index in [9.17, 15) is 18.3 Å². The zero-order chi connectivity index (χ0) is 27.7. The van der Waals surface area contributed by atoms with E-state index in [2.05, 4.69) is 15.0 Å². The molecule has 0 unspecified atom stereocenters. The summed E-state index contributed by atoms with van der Waals surface area (Å²) in [6.07, 6.45) is 2.73. The first-order valence-corrected chi connectivity index (χ1v) is 14.0. The van der Waals surface area contributed by atoms with Crippen molar-refractivity contribution in [2.45, 2.75) is 12.1 Å². The molecule has 0 bridgehead atoms. The molecule has 2 aromatic heterocycles. The van der Waals surface area contributed by atoms with Crippen molar-refractivity contribution in [2.75, 3.05) is 23.0 Å². The fourth-order valence-corrected chi connectivity index (χ4v) is 5.49. The third kappa shape index (κ3) is 5.29. The molecule has 10 nitrogen and oxygen atoms in total. The summed E-state index contributed by atoms with van der Waals surface area (Å²) in [5.74, 6) is 0.159. The lowest BCUT2D eigenvalue weighted by molar-refractivity contribution is 0.0697. The van der Waals surface area contributed by atoms with Gasteiger partial charge in [0.1, 0.15) is 23.3 Å². The Balaban J connectivity index is 1.63. The van der Waals surface area contributed by atoms with E-state index in [1.54, 1.807) is 54.7 Å². The number of benzene rings is 2. The minimum Gasteiger partial charge on any atom is -0.495 e. The van der Waals surface area contributed by atoms with Crippen LogP contribution in [0.1, 0.15) is 33.9 Å². The zero-order valence-corrected chi connectivity index (χ0v) is 22.5. The molecule has 2 atom stereocenters. The van der Waals surface area contributed by atoms with Gasteiger partial charge in [-0.15, -0.1) is 0 Å². The molecule has 0 spiro atoms. The number of nitrogens with one attached hydrogen (secondary N) is 2. The lowest BCUT2D eigenvalue weighted by Crippen LogP contribution is -2.29. The van der Waals surface area contributed by atoms with E-state index >= 15 is 0 Å². The van der Waals surface area contributed by atoms with Crippen LogP contribution in [-0.4, -0.2) is 43.0 Å². The quantitative estimate of drug-likeness (QED) is 0.261. The van der Waals surface area contributed by atoms with Crippen LogP contribution in [0.15, 0.2) is 83.4 Å². The van der Waals surface area contributed by atoms with Gasteiger partial charge in [0.05, 0.1) is 36.4 Å². The summed E-state index contributed by atoms with van der Waals surface area (Å²) in [7, 11) is -2.15. The van der Waals surface area contributed by atoms with Crippen molar-refractivity contribution in [1.82, 2.24) is 10.3 Å². The van der Waals surface area contributed by atoms with Crippen LogP contribution in [0, 0.1) is 0 Å². The van der Waals surface area contributed by atoms with Crippen LogP contribution in [0.3, 0.4) is 0 Å². The van der Waals surface area contributed by atoms with E-state index in [0.29, 0.717) is 39.3 Å². The van der Waals surface area contributed by atoms with Gasteiger partial charge in [0.2, 0.25) is 10.0 Å². The first kappa shape index (κ1) is 26.2. The smallest absolute Gasteiger partial charge is 0.336 e. The molecule has 4 aromatic rings. The van der Waals surface area contributed by atoms with Gasteiger partial charge in [0.25, 0.3) is 0 Å². The molecule has 1 fully saturated rings. The molecule has 12 heteroatoms. The third-order valence-electron chi connectivity index (χ3n) is 6.20. The minimum absolute atomic E-state index is 0.114. The summed E-state index contributed by atoms with van der Waals surface area (Å²) >= 11 is 5.74. The number of pyridine rings is 1. The maximum absolute atomic E-state index is 12.0. The third-order valence-corrected chi connectivity index (χ3v) is 7.10. The number of ether oxygens (including phenoxy) is 1. The van der Waals surface area contributed by atoms with Crippen molar-refractivity contribution in [1.29, 1.82) is 0 Å². The molecule has 1 aliphatic rings. The molecule has 3 N–H and O–H groups in total. The Kier molecular flexibility index (Phi) is 6.98. The first-order chi connectivity index (χ1) is 18.7. The van der Waals surface area contributed by atoms with Crippen molar-refractivity contribution >= 4 is 44.7 Å². The maximum Gasteiger partial charge on any atom is 0.336 e. The fraction of sp³-hybridized carbons (Fsp3) is 0.148. The number of aromatic nitrogens is 1. The average Bonchev–Trinajstić information content (AvgIpc) is 3.53. The number of rotatable bonds is 8. The van der Waals surface area contributed by atoms with Gasteiger partial charge in [0.15, 0.2) is 5.11 Å². The highest BCUT2D eigenvalue weighted by Gasteiger charge is 2.43. The Morgan fingerprint density at radius 1 is 1.13 bits per heavy atom. The molecule has 0 radical (unpaired) electrons. The number of furan rings is 1. The molecule has 5 rings (SSSR count). The summed E-state index contributed by atoms with van der Waals surface area (Å²) in [4.78, 5) is 18.1. The maximum atomic E-state index is 12.0. The lowest BCUT2D eigenvalue weighted by Gasteiger charge is -2.27. The number of carboxylic acid groups (broad SMARTS) is 1. The van der Waals surface area contributed by atoms with Gasteiger partial charge < -0.3 is 24.5 Å². The van der Waals surface area contributed by atoms with E-state index < -0.39 is 28.1 Å². The average molecular weight is 565 g/mol. The van der Waals surface area contributed by atoms with E-state index in [0.717, 1.165) is 6.26 Å². The predicted octanol–water partition coefficient (Wildman–Crippen LogP) is 4.60. The van der Waals surface area contributed by atoms with Crippen LogP contribution in [0.25, 0.3) is 11.3 Å². The number of sulfonamides is 1. The number of nitrogens with zero attached hydrogens (tertiary/aromatic N) is 2. The summed E-state index contributed by atoms with van der Waals surface area (Å²) in [5, 5.41) is 13.4. The van der Waals surface area contributed by atoms with E-state index in [1.165, 1.54) is 13.2 Å². The second-order valence-corrected chi connectivity index (χ2v) is 10.9. The highest BCUT2D eigenvalue weighted by Crippen LogP contribution is 2.44. The highest BCUT2D eigenvalue weighted by molar-refractivity contribution is 7.92. The number of carbonyl (C=O) groups is 1. The van der Waals surface area contributed by atoms with Crippen molar-refractivity contribution in [3.05, 3.63) is 96.0 Å². The molecule has 1 aliphatic heterocycles. The van der Waals surface area contributed by atoms with Crippen LogP contribution in [-0.2, 0) is 10.0 Å². The van der Waals surface area contributed by atoms with Crippen molar-refractivity contribution in [3.8, 4) is 17.1 Å². The number of methoxy groups -OCH3 is 1. The normalized spacial score (nSPS) is 17.1. The standard InChI is InChI=1S/C27H24N4O6S2/c1-36-22-11-10-16(15-20(22)30-39(2,34)35)31-25(24(29-27(31)38)19-9-5-6-14-28-19)23-13-12-21(37-23)17-7-3-4-8-18(17)26(32)33/h3-15,24-25,30H,1-2H3,(H,29,38)(H,32,33)/t24-,25-/m0/s1. The minimum atomic E-state index is -3.59. The highest BCUT2D eigenvalue weighted by atomic mass is 32.2. The summed E-state index contributed by atoms with van der Waals surface area (Å²) in [6, 6.07) is 19.7. The molecule has 0 aliphatic carbocycles. The SMILES string of the molecule is COc1ccc(N2C(=S)N[C@@H](c3ccccn3)[C@@H]2c2ccc(-c3ccccc3C(=O)O)o2)cc1NS(C)(=O)=O. The van der Waals surface area contributed by atoms with Crippen LogP contribution in [0.5, 0.6) is 5.75 Å². The first-order valence-electron chi connectivity index (χ1n) is 11.7. The molecular formula is C27H24N4O6S2.